The molecule has 0 spiro atoms. The number of aryl methyl sites for hydroxylation is 1. The lowest BCUT2D eigenvalue weighted by Crippen LogP contribution is -2.22. The number of ketones is 1. The Hall–Kier alpha value is -0.870. The maximum atomic E-state index is 11.8. The Labute approximate surface area is 109 Å². The third-order valence-electron chi connectivity index (χ3n) is 2.73. The van der Waals surface area contributed by atoms with Gasteiger partial charge in [-0.3, -0.25) is 9.59 Å². The lowest BCUT2D eigenvalue weighted by Gasteiger charge is -1.97. The molecule has 0 saturated heterocycles. The van der Waals surface area contributed by atoms with Crippen LogP contribution in [0.4, 0.5) is 0 Å². The summed E-state index contributed by atoms with van der Waals surface area (Å²) in [4.78, 5) is 25.3. The number of hydrogen-bond donors (Lipinski definition) is 1. The van der Waals surface area contributed by atoms with Crippen molar-refractivity contribution in [2.45, 2.75) is 25.7 Å². The van der Waals surface area contributed by atoms with Crippen LogP contribution in [0.5, 0.6) is 0 Å². The van der Waals surface area contributed by atoms with Crippen molar-refractivity contribution in [1.82, 2.24) is 5.32 Å². The minimum atomic E-state index is -0.0508. The molecule has 1 aromatic heterocycles. The van der Waals surface area contributed by atoms with Crippen LogP contribution in [-0.2, 0) is 6.42 Å². The highest BCUT2D eigenvalue weighted by molar-refractivity contribution is 7.14. The molecule has 0 fully saturated rings. The van der Waals surface area contributed by atoms with Crippen LogP contribution < -0.4 is 5.32 Å². The number of carbonyl (C=O) groups excluding carboxylic acids is 2. The Kier molecular flexibility index (Phi) is 4.18. The Morgan fingerprint density at radius 2 is 2.35 bits per heavy atom. The number of carbonyl (C=O) groups is 2. The number of rotatable bonds is 4. The van der Waals surface area contributed by atoms with E-state index in [1.165, 1.54) is 11.3 Å². The molecule has 0 aliphatic carbocycles. The average Bonchev–Trinajstić information content (AvgIpc) is 2.68. The van der Waals surface area contributed by atoms with Crippen LogP contribution in [0.3, 0.4) is 0 Å². The molecule has 0 aromatic carbocycles. The number of amides is 1. The molecule has 0 unspecified atom stereocenters. The van der Waals surface area contributed by atoms with Crippen LogP contribution >= 0.6 is 22.9 Å². The Bertz CT molecular complexity index is 442. The molecule has 0 atom stereocenters. The van der Waals surface area contributed by atoms with Gasteiger partial charge in [0.2, 0.25) is 0 Å². The maximum absolute atomic E-state index is 11.8. The number of nitrogens with one attached hydrogen (secondary N) is 1. The highest BCUT2D eigenvalue weighted by Crippen LogP contribution is 2.26. The molecule has 0 bridgehead atoms. The molecule has 2 heterocycles. The number of thiophene rings is 1. The summed E-state index contributed by atoms with van der Waals surface area (Å²) in [5.41, 5.74) is 0.682. The van der Waals surface area contributed by atoms with E-state index in [0.29, 0.717) is 29.2 Å². The monoisotopic (exact) mass is 271 g/mol. The zero-order chi connectivity index (χ0) is 12.3. The summed E-state index contributed by atoms with van der Waals surface area (Å²) in [6.07, 6.45) is 2.97. The fourth-order valence-corrected chi connectivity index (χ4v) is 3.14. The van der Waals surface area contributed by atoms with E-state index >= 15 is 0 Å². The Balaban J connectivity index is 2.19. The largest absolute Gasteiger partial charge is 0.352 e. The Morgan fingerprint density at radius 1 is 1.53 bits per heavy atom. The lowest BCUT2D eigenvalue weighted by atomic mass is 10.1. The fourth-order valence-electron chi connectivity index (χ4n) is 1.84. The van der Waals surface area contributed by atoms with E-state index in [1.807, 2.05) is 0 Å². The summed E-state index contributed by atoms with van der Waals surface area (Å²) >= 11 is 7.02. The zero-order valence-electron chi connectivity index (χ0n) is 9.42. The van der Waals surface area contributed by atoms with Crippen molar-refractivity contribution in [3.05, 3.63) is 21.4 Å². The van der Waals surface area contributed by atoms with Crippen LogP contribution in [0, 0.1) is 0 Å². The smallest absolute Gasteiger partial charge is 0.252 e. The van der Waals surface area contributed by atoms with Gasteiger partial charge in [-0.25, -0.2) is 0 Å². The van der Waals surface area contributed by atoms with Gasteiger partial charge in [-0.05, 0) is 25.3 Å². The molecule has 17 heavy (non-hydrogen) atoms. The summed E-state index contributed by atoms with van der Waals surface area (Å²) < 4.78 is 0. The van der Waals surface area contributed by atoms with Gasteiger partial charge in [-0.2, -0.15) is 0 Å². The summed E-state index contributed by atoms with van der Waals surface area (Å²) in [5, 5.41) is 2.83. The molecule has 1 aliphatic heterocycles. The van der Waals surface area contributed by atoms with Crippen molar-refractivity contribution in [3.8, 4) is 0 Å². The summed E-state index contributed by atoms with van der Waals surface area (Å²) in [6, 6.07) is 1.73. The van der Waals surface area contributed by atoms with Crippen molar-refractivity contribution in [2.24, 2.45) is 0 Å². The van der Waals surface area contributed by atoms with E-state index < -0.39 is 0 Å². The average molecular weight is 272 g/mol. The molecule has 5 heteroatoms. The number of hydrogen-bond acceptors (Lipinski definition) is 3. The van der Waals surface area contributed by atoms with Gasteiger partial charge in [-0.1, -0.05) is 0 Å². The minimum absolute atomic E-state index is 0.0508. The molecule has 1 N–H and O–H groups in total. The minimum Gasteiger partial charge on any atom is -0.352 e. The first kappa shape index (κ1) is 12.6. The number of halogens is 1. The van der Waals surface area contributed by atoms with Gasteiger partial charge in [0.05, 0.1) is 10.4 Å². The molecule has 1 aromatic rings. The van der Waals surface area contributed by atoms with Crippen molar-refractivity contribution in [3.63, 3.8) is 0 Å². The molecule has 92 valence electrons. The predicted octanol–water partition coefficient (Wildman–Crippen LogP) is 2.63. The first-order valence-corrected chi connectivity index (χ1v) is 7.07. The van der Waals surface area contributed by atoms with Crippen molar-refractivity contribution in [1.29, 1.82) is 0 Å². The highest BCUT2D eigenvalue weighted by atomic mass is 35.5. The third kappa shape index (κ3) is 2.87. The highest BCUT2D eigenvalue weighted by Gasteiger charge is 2.20. The molecule has 1 amide bonds. The summed E-state index contributed by atoms with van der Waals surface area (Å²) in [5.74, 6) is 0.541. The number of alkyl halides is 1. The van der Waals surface area contributed by atoms with E-state index in [2.05, 4.69) is 5.32 Å². The Morgan fingerprint density at radius 3 is 3.12 bits per heavy atom. The van der Waals surface area contributed by atoms with Gasteiger partial charge in [0.1, 0.15) is 0 Å². The quantitative estimate of drug-likeness (QED) is 0.676. The van der Waals surface area contributed by atoms with Crippen molar-refractivity contribution in [2.75, 3.05) is 12.4 Å². The van der Waals surface area contributed by atoms with Crippen molar-refractivity contribution < 1.29 is 9.59 Å². The zero-order valence-corrected chi connectivity index (χ0v) is 11.0. The fraction of sp³-hybridized carbons (Fsp3) is 0.500. The molecular weight excluding hydrogens is 258 g/mol. The van der Waals surface area contributed by atoms with Gasteiger partial charge < -0.3 is 5.32 Å². The van der Waals surface area contributed by atoms with E-state index in [1.54, 1.807) is 6.07 Å². The first-order valence-electron chi connectivity index (χ1n) is 5.72. The topological polar surface area (TPSA) is 46.2 Å². The van der Waals surface area contributed by atoms with E-state index in [9.17, 15) is 9.59 Å². The van der Waals surface area contributed by atoms with E-state index in [0.717, 1.165) is 24.3 Å². The van der Waals surface area contributed by atoms with Crippen LogP contribution in [0.2, 0.25) is 0 Å². The van der Waals surface area contributed by atoms with Gasteiger partial charge in [0, 0.05) is 23.7 Å². The second-order valence-electron chi connectivity index (χ2n) is 4.02. The second-order valence-corrected chi connectivity index (χ2v) is 5.54. The molecule has 3 nitrogen and oxygen atoms in total. The van der Waals surface area contributed by atoms with E-state index in [4.69, 9.17) is 11.6 Å². The summed E-state index contributed by atoms with van der Waals surface area (Å²) in [7, 11) is 0. The van der Waals surface area contributed by atoms with Gasteiger partial charge in [-0.15, -0.1) is 22.9 Å². The van der Waals surface area contributed by atoms with Crippen LogP contribution in [0.15, 0.2) is 6.07 Å². The standard InChI is InChI=1S/C12H14ClNO2S/c13-5-1-3-9(15)11-7-8-10(17-11)4-2-6-14-12(8)16/h7H,1-6H2,(H,14,16). The lowest BCUT2D eigenvalue weighted by molar-refractivity contribution is 0.0956. The van der Waals surface area contributed by atoms with Crippen molar-refractivity contribution >= 4 is 34.6 Å². The van der Waals surface area contributed by atoms with Gasteiger partial charge in [0.25, 0.3) is 5.91 Å². The number of fused-ring (bicyclic) bond motifs is 1. The SMILES string of the molecule is O=C(CCCCl)c1cc2c(s1)CCCNC2=O. The second kappa shape index (κ2) is 5.65. The van der Waals surface area contributed by atoms with Gasteiger partial charge >= 0.3 is 0 Å². The van der Waals surface area contributed by atoms with E-state index in [-0.39, 0.29) is 11.7 Å². The third-order valence-corrected chi connectivity index (χ3v) is 4.24. The molecule has 2 rings (SSSR count). The van der Waals surface area contributed by atoms with Crippen LogP contribution in [0.1, 0.15) is 44.2 Å². The van der Waals surface area contributed by atoms with Crippen LogP contribution in [-0.4, -0.2) is 24.1 Å². The normalized spacial score (nSPS) is 15.0. The van der Waals surface area contributed by atoms with Gasteiger partial charge in [0.15, 0.2) is 5.78 Å². The number of Topliss-reactive ketones (excluding diaryl/α,β-unsaturated/α-hetero) is 1. The first-order chi connectivity index (χ1) is 8.22. The molecule has 0 saturated carbocycles. The maximum Gasteiger partial charge on any atom is 0.252 e. The molecule has 0 radical (unpaired) electrons. The van der Waals surface area contributed by atoms with Crippen LogP contribution in [0.25, 0.3) is 0 Å². The molecule has 1 aliphatic rings. The summed E-state index contributed by atoms with van der Waals surface area (Å²) in [6.45, 7) is 0.718. The predicted molar refractivity (Wildman–Crippen MR) is 69.3 cm³/mol. The molecular formula is C12H14ClNO2S.